The molecule has 0 saturated heterocycles. The fourth-order valence-corrected chi connectivity index (χ4v) is 2.47. The van der Waals surface area contributed by atoms with Crippen LogP contribution in [0.1, 0.15) is 31.3 Å². The first-order valence-corrected chi connectivity index (χ1v) is 8.09. The number of carbonyl (C=O) groups excluding carboxylic acids is 1. The molecule has 0 aliphatic carbocycles. The number of pyridine rings is 2. The van der Waals surface area contributed by atoms with Crippen molar-refractivity contribution >= 4 is 11.7 Å². The van der Waals surface area contributed by atoms with Gasteiger partial charge in [0.1, 0.15) is 0 Å². The highest BCUT2D eigenvalue weighted by molar-refractivity contribution is 5.74. The molecule has 1 atom stereocenters. The Hall–Kier alpha value is -3.16. The zero-order valence-electron chi connectivity index (χ0n) is 14.1. The predicted molar refractivity (Wildman–Crippen MR) is 92.2 cm³/mol. The SMILES string of the molecule is CCOc1ncccc1CNC(=O)NC(C)c1nnc2ccccn12. The molecule has 3 heterocycles. The highest BCUT2D eigenvalue weighted by atomic mass is 16.5. The van der Waals surface area contributed by atoms with Crippen molar-refractivity contribution < 1.29 is 9.53 Å². The molecule has 3 rings (SSSR count). The molecule has 3 aromatic rings. The van der Waals surface area contributed by atoms with E-state index in [4.69, 9.17) is 4.74 Å². The minimum absolute atomic E-state index is 0.294. The van der Waals surface area contributed by atoms with E-state index in [1.54, 1.807) is 6.20 Å². The predicted octanol–water partition coefficient (Wildman–Crippen LogP) is 2.08. The molecular weight excluding hydrogens is 320 g/mol. The summed E-state index contributed by atoms with van der Waals surface area (Å²) in [6.07, 6.45) is 3.53. The van der Waals surface area contributed by atoms with E-state index < -0.39 is 0 Å². The van der Waals surface area contributed by atoms with Crippen LogP contribution in [0.25, 0.3) is 5.65 Å². The smallest absolute Gasteiger partial charge is 0.315 e. The summed E-state index contributed by atoms with van der Waals surface area (Å²) in [6, 6.07) is 8.73. The minimum Gasteiger partial charge on any atom is -0.478 e. The van der Waals surface area contributed by atoms with Gasteiger partial charge in [-0.2, -0.15) is 0 Å². The van der Waals surface area contributed by atoms with E-state index in [0.29, 0.717) is 24.9 Å². The number of hydrogen-bond donors (Lipinski definition) is 2. The lowest BCUT2D eigenvalue weighted by Gasteiger charge is -2.14. The van der Waals surface area contributed by atoms with Crippen LogP contribution in [-0.4, -0.2) is 32.2 Å². The number of amides is 2. The summed E-state index contributed by atoms with van der Waals surface area (Å²) in [4.78, 5) is 16.4. The summed E-state index contributed by atoms with van der Waals surface area (Å²) in [7, 11) is 0. The highest BCUT2D eigenvalue weighted by Crippen LogP contribution is 2.14. The van der Waals surface area contributed by atoms with Gasteiger partial charge >= 0.3 is 6.03 Å². The van der Waals surface area contributed by atoms with E-state index in [2.05, 4.69) is 25.8 Å². The molecule has 3 aromatic heterocycles. The van der Waals surface area contributed by atoms with Gasteiger partial charge in [-0.3, -0.25) is 4.40 Å². The van der Waals surface area contributed by atoms with E-state index in [-0.39, 0.29) is 12.1 Å². The van der Waals surface area contributed by atoms with Crippen LogP contribution in [0, 0.1) is 0 Å². The number of urea groups is 1. The number of carbonyl (C=O) groups is 1. The van der Waals surface area contributed by atoms with Crippen molar-refractivity contribution in [3.05, 3.63) is 54.1 Å². The second-order valence-corrected chi connectivity index (χ2v) is 5.44. The third-order valence-corrected chi connectivity index (χ3v) is 3.65. The van der Waals surface area contributed by atoms with Crippen molar-refractivity contribution in [1.29, 1.82) is 0 Å². The van der Waals surface area contributed by atoms with Gasteiger partial charge in [0.2, 0.25) is 5.88 Å². The Labute approximate surface area is 145 Å². The van der Waals surface area contributed by atoms with Crippen LogP contribution in [-0.2, 0) is 6.54 Å². The average Bonchev–Trinajstić information content (AvgIpc) is 3.05. The fraction of sp³-hybridized carbons (Fsp3) is 0.294. The van der Waals surface area contributed by atoms with Gasteiger partial charge in [-0.05, 0) is 32.0 Å². The van der Waals surface area contributed by atoms with Gasteiger partial charge in [-0.15, -0.1) is 10.2 Å². The lowest BCUT2D eigenvalue weighted by molar-refractivity contribution is 0.236. The minimum atomic E-state index is -0.300. The van der Waals surface area contributed by atoms with Gasteiger partial charge in [0, 0.05) is 24.5 Å². The van der Waals surface area contributed by atoms with Crippen LogP contribution in [0.2, 0.25) is 0 Å². The van der Waals surface area contributed by atoms with Crippen LogP contribution in [0.4, 0.5) is 4.79 Å². The first-order chi connectivity index (χ1) is 12.2. The molecule has 130 valence electrons. The van der Waals surface area contributed by atoms with Crippen LogP contribution in [0.3, 0.4) is 0 Å². The van der Waals surface area contributed by atoms with E-state index in [0.717, 1.165) is 11.2 Å². The number of ether oxygens (including phenoxy) is 1. The standard InChI is InChI=1S/C17H20N6O2/c1-3-25-16-13(7-6-9-18-16)11-19-17(24)20-12(2)15-22-21-14-8-4-5-10-23(14)15/h4-10,12H,3,11H2,1-2H3,(H2,19,20,24). The molecule has 0 fully saturated rings. The van der Waals surface area contributed by atoms with Gasteiger partial charge in [0.15, 0.2) is 11.5 Å². The molecule has 1 unspecified atom stereocenters. The summed E-state index contributed by atoms with van der Waals surface area (Å²) < 4.78 is 7.30. The Morgan fingerprint density at radius 3 is 3.00 bits per heavy atom. The molecule has 0 aromatic carbocycles. The first kappa shape index (κ1) is 16.7. The number of rotatable bonds is 6. The van der Waals surface area contributed by atoms with Crippen molar-refractivity contribution in [3.63, 3.8) is 0 Å². The molecule has 2 amide bonds. The van der Waals surface area contributed by atoms with Crippen LogP contribution < -0.4 is 15.4 Å². The number of fused-ring (bicyclic) bond motifs is 1. The number of nitrogens with one attached hydrogen (secondary N) is 2. The lowest BCUT2D eigenvalue weighted by Crippen LogP contribution is -2.37. The Kier molecular flexibility index (Phi) is 5.08. The summed E-state index contributed by atoms with van der Waals surface area (Å²) in [5.74, 6) is 1.20. The van der Waals surface area contributed by atoms with E-state index in [1.165, 1.54) is 0 Å². The Balaban J connectivity index is 1.61. The Bertz CT molecular complexity index is 863. The van der Waals surface area contributed by atoms with Crippen molar-refractivity contribution in [2.24, 2.45) is 0 Å². The quantitative estimate of drug-likeness (QED) is 0.716. The van der Waals surface area contributed by atoms with Crippen LogP contribution in [0.5, 0.6) is 5.88 Å². The van der Waals surface area contributed by atoms with Crippen molar-refractivity contribution in [2.75, 3.05) is 6.61 Å². The van der Waals surface area contributed by atoms with E-state index in [9.17, 15) is 4.79 Å². The fourth-order valence-electron chi connectivity index (χ4n) is 2.47. The summed E-state index contributed by atoms with van der Waals surface area (Å²) in [6.45, 7) is 4.59. The molecule has 25 heavy (non-hydrogen) atoms. The third-order valence-electron chi connectivity index (χ3n) is 3.65. The third kappa shape index (κ3) is 3.85. The molecule has 2 N–H and O–H groups in total. The topological polar surface area (TPSA) is 93.4 Å². The van der Waals surface area contributed by atoms with Crippen molar-refractivity contribution in [2.45, 2.75) is 26.4 Å². The average molecular weight is 340 g/mol. The zero-order chi connectivity index (χ0) is 17.6. The molecule has 8 heteroatoms. The van der Waals surface area contributed by atoms with Gasteiger partial charge in [-0.25, -0.2) is 9.78 Å². The van der Waals surface area contributed by atoms with Gasteiger partial charge in [0.25, 0.3) is 0 Å². The lowest BCUT2D eigenvalue weighted by atomic mass is 10.2. The maximum absolute atomic E-state index is 12.2. The molecule has 8 nitrogen and oxygen atoms in total. The van der Waals surface area contributed by atoms with Gasteiger partial charge in [0.05, 0.1) is 12.6 Å². The molecular formula is C17H20N6O2. The molecule has 0 saturated carbocycles. The zero-order valence-corrected chi connectivity index (χ0v) is 14.1. The van der Waals surface area contributed by atoms with E-state index >= 15 is 0 Å². The molecule has 0 aliphatic rings. The maximum Gasteiger partial charge on any atom is 0.315 e. The summed E-state index contributed by atoms with van der Waals surface area (Å²) >= 11 is 0. The van der Waals surface area contributed by atoms with Crippen LogP contribution in [0.15, 0.2) is 42.7 Å². The van der Waals surface area contributed by atoms with Crippen molar-refractivity contribution in [3.8, 4) is 5.88 Å². The normalized spacial score (nSPS) is 11.9. The monoisotopic (exact) mass is 340 g/mol. The second kappa shape index (κ2) is 7.61. The molecule has 0 aliphatic heterocycles. The maximum atomic E-state index is 12.2. The number of aromatic nitrogens is 4. The largest absolute Gasteiger partial charge is 0.478 e. The number of nitrogens with zero attached hydrogens (tertiary/aromatic N) is 4. The Morgan fingerprint density at radius 1 is 1.28 bits per heavy atom. The molecule has 0 radical (unpaired) electrons. The van der Waals surface area contributed by atoms with Gasteiger partial charge in [-0.1, -0.05) is 12.1 Å². The second-order valence-electron chi connectivity index (χ2n) is 5.44. The van der Waals surface area contributed by atoms with Gasteiger partial charge < -0.3 is 15.4 Å². The summed E-state index contributed by atoms with van der Waals surface area (Å²) in [5.41, 5.74) is 1.56. The van der Waals surface area contributed by atoms with Crippen molar-refractivity contribution in [1.82, 2.24) is 30.2 Å². The summed E-state index contributed by atoms with van der Waals surface area (Å²) in [5, 5.41) is 13.9. The first-order valence-electron chi connectivity index (χ1n) is 8.09. The Morgan fingerprint density at radius 2 is 2.16 bits per heavy atom. The highest BCUT2D eigenvalue weighted by Gasteiger charge is 2.15. The van der Waals surface area contributed by atoms with Crippen LogP contribution >= 0.6 is 0 Å². The molecule has 0 bridgehead atoms. The van der Waals surface area contributed by atoms with E-state index in [1.807, 2.05) is 54.8 Å². The number of hydrogen-bond acceptors (Lipinski definition) is 5. The molecule has 0 spiro atoms.